The lowest BCUT2D eigenvalue weighted by Gasteiger charge is -2.11. The molecule has 1 aliphatic rings. The van der Waals surface area contributed by atoms with Crippen LogP contribution >= 0.6 is 11.6 Å². The van der Waals surface area contributed by atoms with Gasteiger partial charge in [0.1, 0.15) is 5.82 Å². The van der Waals surface area contributed by atoms with Gasteiger partial charge in [0.2, 0.25) is 5.91 Å². The largest absolute Gasteiger partial charge is 0.376 e. The smallest absolute Gasteiger partial charge is 0.224 e. The van der Waals surface area contributed by atoms with Crippen molar-refractivity contribution < 1.29 is 13.9 Å². The number of hydrogen-bond acceptors (Lipinski definition) is 2. The van der Waals surface area contributed by atoms with E-state index in [1.165, 1.54) is 12.1 Å². The van der Waals surface area contributed by atoms with Gasteiger partial charge in [0.25, 0.3) is 0 Å². The predicted octanol–water partition coefficient (Wildman–Crippen LogP) is 2.32. The van der Waals surface area contributed by atoms with Gasteiger partial charge in [0, 0.05) is 18.2 Å². The van der Waals surface area contributed by atoms with Crippen LogP contribution in [0.1, 0.15) is 18.4 Å². The molecule has 3 nitrogen and oxygen atoms in total. The summed E-state index contributed by atoms with van der Waals surface area (Å²) >= 11 is 5.64. The van der Waals surface area contributed by atoms with Crippen LogP contribution in [0.2, 0.25) is 5.02 Å². The molecule has 5 heteroatoms. The van der Waals surface area contributed by atoms with Gasteiger partial charge in [-0.05, 0) is 30.5 Å². The van der Waals surface area contributed by atoms with Gasteiger partial charge in [0.05, 0.1) is 12.5 Å². The summed E-state index contributed by atoms with van der Waals surface area (Å²) in [5.41, 5.74) is 0.351. The second-order valence-electron chi connectivity index (χ2n) is 4.35. The van der Waals surface area contributed by atoms with Crippen LogP contribution in [0.3, 0.4) is 0 Å². The van der Waals surface area contributed by atoms with Crippen LogP contribution in [0.25, 0.3) is 0 Å². The number of benzene rings is 1. The number of carbonyl (C=O) groups is 1. The van der Waals surface area contributed by atoms with E-state index in [0.29, 0.717) is 17.1 Å². The molecule has 1 unspecified atom stereocenters. The van der Waals surface area contributed by atoms with E-state index in [1.807, 2.05) is 0 Å². The molecule has 1 saturated heterocycles. The molecule has 1 amide bonds. The summed E-state index contributed by atoms with van der Waals surface area (Å²) in [6, 6.07) is 4.32. The van der Waals surface area contributed by atoms with E-state index >= 15 is 0 Å². The van der Waals surface area contributed by atoms with Crippen molar-refractivity contribution in [3.8, 4) is 0 Å². The lowest BCUT2D eigenvalue weighted by atomic mass is 10.1. The second kappa shape index (κ2) is 6.16. The fraction of sp³-hybridized carbons (Fsp3) is 0.462. The third-order valence-corrected chi connectivity index (χ3v) is 3.15. The zero-order chi connectivity index (χ0) is 13.0. The van der Waals surface area contributed by atoms with E-state index < -0.39 is 5.82 Å². The maximum atomic E-state index is 13.5. The van der Waals surface area contributed by atoms with Crippen LogP contribution in [0, 0.1) is 5.82 Å². The van der Waals surface area contributed by atoms with Crippen molar-refractivity contribution in [3.05, 3.63) is 34.6 Å². The molecule has 0 bridgehead atoms. The molecule has 0 aromatic heterocycles. The summed E-state index contributed by atoms with van der Waals surface area (Å²) < 4.78 is 18.8. The molecular formula is C13H15ClFNO2. The topological polar surface area (TPSA) is 38.3 Å². The number of hydrogen-bond donors (Lipinski definition) is 1. The Labute approximate surface area is 110 Å². The van der Waals surface area contributed by atoms with Crippen molar-refractivity contribution in [1.82, 2.24) is 5.32 Å². The number of ether oxygens (including phenoxy) is 1. The van der Waals surface area contributed by atoms with Crippen molar-refractivity contribution in [2.75, 3.05) is 13.2 Å². The Bertz CT molecular complexity index is 433. The number of carbonyl (C=O) groups excluding carboxylic acids is 1. The number of nitrogens with one attached hydrogen (secondary N) is 1. The van der Waals surface area contributed by atoms with E-state index in [-0.39, 0.29) is 18.4 Å². The van der Waals surface area contributed by atoms with Gasteiger partial charge in [-0.3, -0.25) is 4.79 Å². The first-order chi connectivity index (χ1) is 8.65. The van der Waals surface area contributed by atoms with Gasteiger partial charge < -0.3 is 10.1 Å². The standard InChI is InChI=1S/C13H15ClFNO2/c14-10-4-3-9(12(15)7-10)6-13(17)16-8-11-2-1-5-18-11/h3-4,7,11H,1-2,5-6,8H2,(H,16,17). The van der Waals surface area contributed by atoms with Gasteiger partial charge in [-0.2, -0.15) is 0 Å². The lowest BCUT2D eigenvalue weighted by molar-refractivity contribution is -0.121. The lowest BCUT2D eigenvalue weighted by Crippen LogP contribution is -2.32. The third kappa shape index (κ3) is 3.68. The van der Waals surface area contributed by atoms with Gasteiger partial charge >= 0.3 is 0 Å². The van der Waals surface area contributed by atoms with E-state index in [1.54, 1.807) is 6.07 Å². The first-order valence-electron chi connectivity index (χ1n) is 5.97. The Kier molecular flexibility index (Phi) is 4.55. The molecule has 0 saturated carbocycles. The van der Waals surface area contributed by atoms with Crippen molar-refractivity contribution in [1.29, 1.82) is 0 Å². The van der Waals surface area contributed by atoms with Crippen LogP contribution in [0.5, 0.6) is 0 Å². The summed E-state index contributed by atoms with van der Waals surface area (Å²) in [4.78, 5) is 11.6. The SMILES string of the molecule is O=C(Cc1ccc(Cl)cc1F)NCC1CCCO1. The minimum absolute atomic E-state index is 0.0235. The summed E-state index contributed by atoms with van der Waals surface area (Å²) in [6.45, 7) is 1.25. The van der Waals surface area contributed by atoms with Crippen LogP contribution in [-0.2, 0) is 16.0 Å². The summed E-state index contributed by atoms with van der Waals surface area (Å²) in [7, 11) is 0. The Balaban J connectivity index is 1.82. The molecule has 1 atom stereocenters. The quantitative estimate of drug-likeness (QED) is 0.913. The molecule has 18 heavy (non-hydrogen) atoms. The molecule has 1 aromatic carbocycles. The number of amides is 1. The van der Waals surface area contributed by atoms with Crippen molar-refractivity contribution in [2.45, 2.75) is 25.4 Å². The second-order valence-corrected chi connectivity index (χ2v) is 4.79. The van der Waals surface area contributed by atoms with Crippen LogP contribution in [0.4, 0.5) is 4.39 Å². The van der Waals surface area contributed by atoms with Crippen LogP contribution in [-0.4, -0.2) is 25.2 Å². The molecule has 0 radical (unpaired) electrons. The summed E-state index contributed by atoms with van der Waals surface area (Å²) in [5.74, 6) is -0.651. The highest BCUT2D eigenvalue weighted by atomic mass is 35.5. The highest BCUT2D eigenvalue weighted by Crippen LogP contribution is 2.15. The Hall–Kier alpha value is -1.13. The highest BCUT2D eigenvalue weighted by Gasteiger charge is 2.16. The molecule has 1 heterocycles. The normalized spacial score (nSPS) is 18.9. The van der Waals surface area contributed by atoms with Crippen molar-refractivity contribution in [3.63, 3.8) is 0 Å². The molecule has 98 valence electrons. The molecule has 1 aromatic rings. The average molecular weight is 272 g/mol. The van der Waals surface area contributed by atoms with Crippen molar-refractivity contribution in [2.24, 2.45) is 0 Å². The molecule has 1 fully saturated rings. The number of halogens is 2. The molecule has 0 spiro atoms. The van der Waals surface area contributed by atoms with Gasteiger partial charge in [-0.15, -0.1) is 0 Å². The Morgan fingerprint density at radius 3 is 3.06 bits per heavy atom. The fourth-order valence-electron chi connectivity index (χ4n) is 1.93. The first-order valence-corrected chi connectivity index (χ1v) is 6.35. The third-order valence-electron chi connectivity index (χ3n) is 2.92. The first kappa shape index (κ1) is 13.3. The van der Waals surface area contributed by atoms with Crippen LogP contribution < -0.4 is 5.32 Å². The molecule has 1 N–H and O–H groups in total. The predicted molar refractivity (Wildman–Crippen MR) is 67.1 cm³/mol. The summed E-state index contributed by atoms with van der Waals surface area (Å²) in [6.07, 6.45) is 2.13. The molecule has 2 rings (SSSR count). The summed E-state index contributed by atoms with van der Waals surface area (Å²) in [5, 5.41) is 3.08. The zero-order valence-corrected chi connectivity index (χ0v) is 10.7. The fourth-order valence-corrected chi connectivity index (χ4v) is 2.09. The van der Waals surface area contributed by atoms with Crippen molar-refractivity contribution >= 4 is 17.5 Å². The molecular weight excluding hydrogens is 257 g/mol. The molecule has 0 aliphatic carbocycles. The zero-order valence-electron chi connectivity index (χ0n) is 9.92. The van der Waals surface area contributed by atoms with E-state index in [2.05, 4.69) is 5.32 Å². The maximum absolute atomic E-state index is 13.5. The maximum Gasteiger partial charge on any atom is 0.224 e. The minimum atomic E-state index is -0.449. The highest BCUT2D eigenvalue weighted by molar-refractivity contribution is 6.30. The molecule has 1 aliphatic heterocycles. The monoisotopic (exact) mass is 271 g/mol. The van der Waals surface area contributed by atoms with Gasteiger partial charge in [-0.25, -0.2) is 4.39 Å². The Morgan fingerprint density at radius 2 is 2.39 bits per heavy atom. The van der Waals surface area contributed by atoms with Gasteiger partial charge in [-0.1, -0.05) is 17.7 Å². The number of rotatable bonds is 4. The van der Waals surface area contributed by atoms with Gasteiger partial charge in [0.15, 0.2) is 0 Å². The van der Waals surface area contributed by atoms with E-state index in [0.717, 1.165) is 19.4 Å². The minimum Gasteiger partial charge on any atom is -0.376 e. The van der Waals surface area contributed by atoms with Crippen LogP contribution in [0.15, 0.2) is 18.2 Å². The Morgan fingerprint density at radius 1 is 1.56 bits per heavy atom. The van der Waals surface area contributed by atoms with E-state index in [9.17, 15) is 9.18 Å². The van der Waals surface area contributed by atoms with E-state index in [4.69, 9.17) is 16.3 Å². The average Bonchev–Trinajstić information content (AvgIpc) is 2.83.